The van der Waals surface area contributed by atoms with Crippen molar-refractivity contribution < 1.29 is 4.79 Å². The largest absolute Gasteiger partial charge is 0.345 e. The summed E-state index contributed by atoms with van der Waals surface area (Å²) in [6.07, 6.45) is 0. The van der Waals surface area contributed by atoms with Gasteiger partial charge >= 0.3 is 0 Å². The lowest BCUT2D eigenvalue weighted by atomic mass is 10.1. The maximum Gasteiger partial charge on any atom is 0.252 e. The van der Waals surface area contributed by atoms with E-state index >= 15 is 0 Å². The number of nitriles is 1. The fourth-order valence-corrected chi connectivity index (χ4v) is 3.17. The van der Waals surface area contributed by atoms with E-state index in [4.69, 9.17) is 5.26 Å². The van der Waals surface area contributed by atoms with Crippen LogP contribution in [0.1, 0.15) is 48.3 Å². The Hall–Kier alpha value is -2.25. The van der Waals surface area contributed by atoms with E-state index < -0.39 is 0 Å². The number of carbonyl (C=O) groups excluding carboxylic acids is 1. The summed E-state index contributed by atoms with van der Waals surface area (Å²) in [6.45, 7) is 6.16. The number of rotatable bonds is 5. The van der Waals surface area contributed by atoms with E-state index in [1.807, 2.05) is 43.3 Å². The standard InChI is InChI=1S/C19H20N2OS/c1-13(2)23-18-7-5-4-6-17(18)19(22)21-14(3)16-10-8-15(12-20)9-11-16/h4-11,13-14H,1-3H3,(H,21,22). The molecule has 118 valence electrons. The molecule has 0 heterocycles. The van der Waals surface area contributed by atoms with Crippen molar-refractivity contribution in [1.29, 1.82) is 5.26 Å². The molecule has 23 heavy (non-hydrogen) atoms. The molecule has 0 saturated heterocycles. The van der Waals surface area contributed by atoms with E-state index in [1.54, 1.807) is 23.9 Å². The highest BCUT2D eigenvalue weighted by Gasteiger charge is 2.15. The topological polar surface area (TPSA) is 52.9 Å². The van der Waals surface area contributed by atoms with E-state index in [1.165, 1.54) is 0 Å². The average molecular weight is 324 g/mol. The highest BCUT2D eigenvalue weighted by atomic mass is 32.2. The molecule has 1 N–H and O–H groups in total. The second kappa shape index (κ2) is 7.85. The number of nitrogens with zero attached hydrogens (tertiary/aromatic N) is 1. The Morgan fingerprint density at radius 1 is 1.09 bits per heavy atom. The molecule has 4 heteroatoms. The lowest BCUT2D eigenvalue weighted by Crippen LogP contribution is -2.27. The maximum atomic E-state index is 12.6. The minimum atomic E-state index is -0.118. The minimum absolute atomic E-state index is 0.0781. The van der Waals surface area contributed by atoms with Gasteiger partial charge in [0.25, 0.3) is 5.91 Å². The van der Waals surface area contributed by atoms with Crippen LogP contribution in [-0.2, 0) is 0 Å². The van der Waals surface area contributed by atoms with Crippen LogP contribution >= 0.6 is 11.8 Å². The van der Waals surface area contributed by atoms with E-state index in [0.29, 0.717) is 16.4 Å². The van der Waals surface area contributed by atoms with Gasteiger partial charge in [0, 0.05) is 10.1 Å². The van der Waals surface area contributed by atoms with Gasteiger partial charge in [-0.25, -0.2) is 0 Å². The van der Waals surface area contributed by atoms with Crippen molar-refractivity contribution in [3.05, 3.63) is 65.2 Å². The number of benzene rings is 2. The van der Waals surface area contributed by atoms with Crippen molar-refractivity contribution in [2.75, 3.05) is 0 Å². The van der Waals surface area contributed by atoms with Gasteiger partial charge in [0.1, 0.15) is 0 Å². The Morgan fingerprint density at radius 2 is 1.74 bits per heavy atom. The normalized spacial score (nSPS) is 11.8. The third kappa shape index (κ3) is 4.61. The van der Waals surface area contributed by atoms with Crippen molar-refractivity contribution in [2.24, 2.45) is 0 Å². The van der Waals surface area contributed by atoms with Crippen LogP contribution in [0.5, 0.6) is 0 Å². The summed E-state index contributed by atoms with van der Waals surface area (Å²) in [6, 6.07) is 16.9. The highest BCUT2D eigenvalue weighted by molar-refractivity contribution is 8.00. The van der Waals surface area contributed by atoms with Crippen LogP contribution in [-0.4, -0.2) is 11.2 Å². The first kappa shape index (κ1) is 17.1. The van der Waals surface area contributed by atoms with Gasteiger partial charge in [0.15, 0.2) is 0 Å². The molecule has 3 nitrogen and oxygen atoms in total. The molecule has 1 atom stereocenters. The molecule has 0 saturated carbocycles. The third-order valence-electron chi connectivity index (χ3n) is 3.38. The van der Waals surface area contributed by atoms with E-state index in [9.17, 15) is 4.79 Å². The van der Waals surface area contributed by atoms with Crippen LogP contribution in [0.2, 0.25) is 0 Å². The Bertz CT molecular complexity index is 717. The van der Waals surface area contributed by atoms with E-state index in [0.717, 1.165) is 10.5 Å². The van der Waals surface area contributed by atoms with Crippen molar-refractivity contribution in [3.63, 3.8) is 0 Å². The van der Waals surface area contributed by atoms with Gasteiger partial charge in [-0.3, -0.25) is 4.79 Å². The summed E-state index contributed by atoms with van der Waals surface area (Å²) in [5.41, 5.74) is 2.30. The molecule has 0 aliphatic rings. The zero-order valence-corrected chi connectivity index (χ0v) is 14.4. The Kier molecular flexibility index (Phi) is 5.84. The molecule has 2 aromatic carbocycles. The number of nitrogens with one attached hydrogen (secondary N) is 1. The Morgan fingerprint density at radius 3 is 2.35 bits per heavy atom. The van der Waals surface area contributed by atoms with Crippen LogP contribution in [0.15, 0.2) is 53.4 Å². The lowest BCUT2D eigenvalue weighted by Gasteiger charge is -2.16. The zero-order valence-electron chi connectivity index (χ0n) is 13.5. The average Bonchev–Trinajstić information content (AvgIpc) is 2.54. The van der Waals surface area contributed by atoms with Crippen LogP contribution in [0, 0.1) is 11.3 Å². The molecule has 1 unspecified atom stereocenters. The molecular formula is C19H20N2OS. The molecular weight excluding hydrogens is 304 g/mol. The predicted molar refractivity (Wildman–Crippen MR) is 94.5 cm³/mol. The number of thioether (sulfide) groups is 1. The van der Waals surface area contributed by atoms with Gasteiger partial charge in [-0.2, -0.15) is 5.26 Å². The van der Waals surface area contributed by atoms with Crippen LogP contribution in [0.25, 0.3) is 0 Å². The zero-order chi connectivity index (χ0) is 16.8. The maximum absolute atomic E-state index is 12.6. The molecule has 1 amide bonds. The molecule has 0 radical (unpaired) electrons. The quantitative estimate of drug-likeness (QED) is 0.821. The van der Waals surface area contributed by atoms with E-state index in [-0.39, 0.29) is 11.9 Å². The van der Waals surface area contributed by atoms with Gasteiger partial charge in [-0.1, -0.05) is 38.1 Å². The Labute approximate surface area is 141 Å². The number of hydrogen-bond acceptors (Lipinski definition) is 3. The minimum Gasteiger partial charge on any atom is -0.345 e. The SMILES string of the molecule is CC(C)Sc1ccccc1C(=O)NC(C)c1ccc(C#N)cc1. The van der Waals surface area contributed by atoms with Crippen molar-refractivity contribution in [1.82, 2.24) is 5.32 Å². The summed E-state index contributed by atoms with van der Waals surface area (Å²) < 4.78 is 0. The van der Waals surface area contributed by atoms with Gasteiger partial charge in [-0.15, -0.1) is 11.8 Å². The third-order valence-corrected chi connectivity index (χ3v) is 4.46. The van der Waals surface area contributed by atoms with Crippen molar-refractivity contribution >= 4 is 17.7 Å². The first-order valence-electron chi connectivity index (χ1n) is 7.58. The molecule has 0 bridgehead atoms. The molecule has 0 aromatic heterocycles. The number of carbonyl (C=O) groups is 1. The monoisotopic (exact) mass is 324 g/mol. The van der Waals surface area contributed by atoms with Crippen molar-refractivity contribution in [3.8, 4) is 6.07 Å². The molecule has 0 aliphatic carbocycles. The van der Waals surface area contributed by atoms with Crippen molar-refractivity contribution in [2.45, 2.75) is 37.0 Å². The van der Waals surface area contributed by atoms with Crippen LogP contribution < -0.4 is 5.32 Å². The Balaban J connectivity index is 2.13. The van der Waals surface area contributed by atoms with Crippen LogP contribution in [0.3, 0.4) is 0 Å². The number of hydrogen-bond donors (Lipinski definition) is 1. The molecule has 0 fully saturated rings. The molecule has 2 rings (SSSR count). The molecule has 2 aromatic rings. The summed E-state index contributed by atoms with van der Waals surface area (Å²) in [5, 5.41) is 12.3. The summed E-state index contributed by atoms with van der Waals surface area (Å²) in [7, 11) is 0. The predicted octanol–water partition coefficient (Wildman–Crippen LogP) is 4.55. The fourth-order valence-electron chi connectivity index (χ4n) is 2.21. The first-order valence-corrected chi connectivity index (χ1v) is 8.46. The summed E-state index contributed by atoms with van der Waals surface area (Å²) in [4.78, 5) is 13.6. The highest BCUT2D eigenvalue weighted by Crippen LogP contribution is 2.27. The van der Waals surface area contributed by atoms with Crippen LogP contribution in [0.4, 0.5) is 0 Å². The van der Waals surface area contributed by atoms with Gasteiger partial charge in [-0.05, 0) is 36.8 Å². The lowest BCUT2D eigenvalue weighted by molar-refractivity contribution is 0.0937. The van der Waals surface area contributed by atoms with Gasteiger partial charge in [0.05, 0.1) is 23.2 Å². The number of amides is 1. The summed E-state index contributed by atoms with van der Waals surface area (Å²) >= 11 is 1.68. The molecule has 0 spiro atoms. The van der Waals surface area contributed by atoms with Gasteiger partial charge in [0.2, 0.25) is 0 Å². The second-order valence-electron chi connectivity index (χ2n) is 5.59. The van der Waals surface area contributed by atoms with Gasteiger partial charge < -0.3 is 5.32 Å². The smallest absolute Gasteiger partial charge is 0.252 e. The fraction of sp³-hybridized carbons (Fsp3) is 0.263. The molecule has 0 aliphatic heterocycles. The summed E-state index contributed by atoms with van der Waals surface area (Å²) in [5.74, 6) is -0.0781. The first-order chi connectivity index (χ1) is 11.0. The second-order valence-corrected chi connectivity index (χ2v) is 7.21. The van der Waals surface area contributed by atoms with E-state index in [2.05, 4.69) is 25.2 Å².